The third-order valence-corrected chi connectivity index (χ3v) is 3.35. The van der Waals surface area contributed by atoms with E-state index < -0.39 is 0 Å². The van der Waals surface area contributed by atoms with Gasteiger partial charge in [0.1, 0.15) is 0 Å². The summed E-state index contributed by atoms with van der Waals surface area (Å²) in [5.74, 6) is 0.716. The fourth-order valence-electron chi connectivity index (χ4n) is 1.43. The van der Waals surface area contributed by atoms with Crippen molar-refractivity contribution in [1.29, 1.82) is 0 Å². The minimum absolute atomic E-state index is 0.432. The third-order valence-electron chi connectivity index (χ3n) is 2.31. The standard InChI is InChI=1S/C11H10Cl3N3/c1-2-17-4-3-15-11(17)16-10-6-8(13)7(12)5-9(10)14/h3-6H,2H2,1H3,(H,15,16). The largest absolute Gasteiger partial charge is 0.324 e. The molecule has 0 bridgehead atoms. The molecule has 1 aromatic carbocycles. The normalized spacial score (nSPS) is 10.6. The molecule has 2 rings (SSSR count). The van der Waals surface area contributed by atoms with Crippen molar-refractivity contribution >= 4 is 46.4 Å². The van der Waals surface area contributed by atoms with E-state index in [1.165, 1.54) is 0 Å². The number of imidazole rings is 1. The molecular formula is C11H10Cl3N3. The quantitative estimate of drug-likeness (QED) is 0.837. The molecule has 0 fully saturated rings. The van der Waals surface area contributed by atoms with Crippen molar-refractivity contribution < 1.29 is 0 Å². The minimum atomic E-state index is 0.432. The Hall–Kier alpha value is -0.900. The van der Waals surface area contributed by atoms with Crippen LogP contribution in [0.15, 0.2) is 24.5 Å². The number of anilines is 2. The van der Waals surface area contributed by atoms with Crippen LogP contribution in [0, 0.1) is 0 Å². The second-order valence-corrected chi connectivity index (χ2v) is 4.63. The monoisotopic (exact) mass is 289 g/mol. The molecule has 17 heavy (non-hydrogen) atoms. The van der Waals surface area contributed by atoms with Gasteiger partial charge in [0.25, 0.3) is 0 Å². The summed E-state index contributed by atoms with van der Waals surface area (Å²) in [6.07, 6.45) is 3.60. The van der Waals surface area contributed by atoms with E-state index in [1.54, 1.807) is 18.3 Å². The topological polar surface area (TPSA) is 29.9 Å². The molecule has 0 saturated carbocycles. The van der Waals surface area contributed by atoms with E-state index in [-0.39, 0.29) is 0 Å². The van der Waals surface area contributed by atoms with Crippen molar-refractivity contribution in [1.82, 2.24) is 9.55 Å². The number of hydrogen-bond donors (Lipinski definition) is 1. The Bertz CT molecular complexity index is 537. The summed E-state index contributed by atoms with van der Waals surface area (Å²) in [6.45, 7) is 2.85. The fraction of sp³-hybridized carbons (Fsp3) is 0.182. The predicted octanol–water partition coefficient (Wildman–Crippen LogP) is 4.61. The van der Waals surface area contributed by atoms with Gasteiger partial charge in [-0.05, 0) is 19.1 Å². The molecule has 3 nitrogen and oxygen atoms in total. The van der Waals surface area contributed by atoms with Gasteiger partial charge in [0.05, 0.1) is 20.8 Å². The first kappa shape index (κ1) is 12.6. The maximum absolute atomic E-state index is 6.07. The Balaban J connectivity index is 2.33. The number of nitrogens with one attached hydrogen (secondary N) is 1. The highest BCUT2D eigenvalue weighted by Gasteiger charge is 2.08. The average molecular weight is 291 g/mol. The van der Waals surface area contributed by atoms with E-state index in [0.717, 1.165) is 6.54 Å². The van der Waals surface area contributed by atoms with Gasteiger partial charge in [0.15, 0.2) is 0 Å². The molecule has 6 heteroatoms. The second kappa shape index (κ2) is 5.17. The van der Waals surface area contributed by atoms with Crippen LogP contribution in [0.2, 0.25) is 15.1 Å². The SMILES string of the molecule is CCn1ccnc1Nc1cc(Cl)c(Cl)cc1Cl. The number of aryl methyl sites for hydroxylation is 1. The molecular weight excluding hydrogens is 281 g/mol. The number of hydrogen-bond acceptors (Lipinski definition) is 2. The summed E-state index contributed by atoms with van der Waals surface area (Å²) in [7, 11) is 0. The van der Waals surface area contributed by atoms with Crippen molar-refractivity contribution in [2.45, 2.75) is 13.5 Å². The van der Waals surface area contributed by atoms with Gasteiger partial charge in [-0.2, -0.15) is 0 Å². The van der Waals surface area contributed by atoms with E-state index in [4.69, 9.17) is 34.8 Å². The second-order valence-electron chi connectivity index (χ2n) is 3.41. The lowest BCUT2D eigenvalue weighted by atomic mass is 10.3. The van der Waals surface area contributed by atoms with Crippen molar-refractivity contribution in [3.8, 4) is 0 Å². The van der Waals surface area contributed by atoms with Crippen molar-refractivity contribution in [3.05, 3.63) is 39.6 Å². The third kappa shape index (κ3) is 2.68. The van der Waals surface area contributed by atoms with Crippen LogP contribution in [0.3, 0.4) is 0 Å². The van der Waals surface area contributed by atoms with Crippen LogP contribution in [0.25, 0.3) is 0 Å². The summed E-state index contributed by atoms with van der Waals surface area (Å²) in [6, 6.07) is 3.29. The smallest absolute Gasteiger partial charge is 0.207 e. The van der Waals surface area contributed by atoms with Crippen LogP contribution in [0.4, 0.5) is 11.6 Å². The van der Waals surface area contributed by atoms with Gasteiger partial charge >= 0.3 is 0 Å². The summed E-state index contributed by atoms with van der Waals surface area (Å²) in [5, 5.41) is 4.50. The molecule has 0 spiro atoms. The highest BCUT2D eigenvalue weighted by molar-refractivity contribution is 6.44. The van der Waals surface area contributed by atoms with E-state index in [1.807, 2.05) is 17.7 Å². The number of aromatic nitrogens is 2. The van der Waals surface area contributed by atoms with Gasteiger partial charge in [-0.3, -0.25) is 0 Å². The Kier molecular flexibility index (Phi) is 3.82. The molecule has 0 aliphatic rings. The highest BCUT2D eigenvalue weighted by Crippen LogP contribution is 2.33. The fourth-order valence-corrected chi connectivity index (χ4v) is 2.02. The van der Waals surface area contributed by atoms with Gasteiger partial charge < -0.3 is 9.88 Å². The molecule has 0 unspecified atom stereocenters. The first-order chi connectivity index (χ1) is 8.11. The van der Waals surface area contributed by atoms with Crippen molar-refractivity contribution in [3.63, 3.8) is 0 Å². The van der Waals surface area contributed by atoms with Gasteiger partial charge in [0.2, 0.25) is 5.95 Å². The summed E-state index contributed by atoms with van der Waals surface area (Å²) in [5.41, 5.74) is 0.682. The molecule has 0 saturated heterocycles. The number of halogens is 3. The zero-order valence-electron chi connectivity index (χ0n) is 9.04. The van der Waals surface area contributed by atoms with Gasteiger partial charge in [-0.25, -0.2) is 4.98 Å². The van der Waals surface area contributed by atoms with Crippen molar-refractivity contribution in [2.75, 3.05) is 5.32 Å². The lowest BCUT2D eigenvalue weighted by molar-refractivity contribution is 0.772. The summed E-state index contributed by atoms with van der Waals surface area (Å²) in [4.78, 5) is 4.19. The van der Waals surface area contributed by atoms with Gasteiger partial charge in [-0.15, -0.1) is 0 Å². The molecule has 1 aromatic heterocycles. The maximum atomic E-state index is 6.07. The molecule has 0 radical (unpaired) electrons. The summed E-state index contributed by atoms with van der Waals surface area (Å²) >= 11 is 17.9. The summed E-state index contributed by atoms with van der Waals surface area (Å²) < 4.78 is 1.96. The maximum Gasteiger partial charge on any atom is 0.207 e. The van der Waals surface area contributed by atoms with Crippen LogP contribution in [0.5, 0.6) is 0 Å². The minimum Gasteiger partial charge on any atom is -0.324 e. The first-order valence-electron chi connectivity index (χ1n) is 5.04. The first-order valence-corrected chi connectivity index (χ1v) is 6.18. The zero-order chi connectivity index (χ0) is 12.4. The molecule has 0 aliphatic carbocycles. The lowest BCUT2D eigenvalue weighted by Crippen LogP contribution is -2.01. The molecule has 90 valence electrons. The molecule has 0 aliphatic heterocycles. The van der Waals surface area contributed by atoms with E-state index in [0.29, 0.717) is 26.7 Å². The van der Waals surface area contributed by atoms with Crippen LogP contribution in [0.1, 0.15) is 6.92 Å². The van der Waals surface area contributed by atoms with E-state index in [9.17, 15) is 0 Å². The molecule has 2 aromatic rings. The highest BCUT2D eigenvalue weighted by atomic mass is 35.5. The van der Waals surface area contributed by atoms with E-state index >= 15 is 0 Å². The Morgan fingerprint density at radius 1 is 1.18 bits per heavy atom. The lowest BCUT2D eigenvalue weighted by Gasteiger charge is -2.10. The number of benzene rings is 1. The van der Waals surface area contributed by atoms with Crippen LogP contribution >= 0.6 is 34.8 Å². The molecule has 0 amide bonds. The Morgan fingerprint density at radius 3 is 2.59 bits per heavy atom. The van der Waals surface area contributed by atoms with E-state index in [2.05, 4.69) is 10.3 Å². The van der Waals surface area contributed by atoms with Crippen molar-refractivity contribution in [2.24, 2.45) is 0 Å². The average Bonchev–Trinajstić information content (AvgIpc) is 2.73. The molecule has 1 heterocycles. The molecule has 0 atom stereocenters. The van der Waals surface area contributed by atoms with Crippen LogP contribution < -0.4 is 5.32 Å². The zero-order valence-corrected chi connectivity index (χ0v) is 11.3. The number of rotatable bonds is 3. The van der Waals surface area contributed by atoms with Crippen LogP contribution in [-0.4, -0.2) is 9.55 Å². The van der Waals surface area contributed by atoms with Gasteiger partial charge in [0, 0.05) is 18.9 Å². The Labute approximate surface area is 114 Å². The van der Waals surface area contributed by atoms with Gasteiger partial charge in [-0.1, -0.05) is 34.8 Å². The van der Waals surface area contributed by atoms with Crippen LogP contribution in [-0.2, 0) is 6.54 Å². The number of nitrogens with zero attached hydrogens (tertiary/aromatic N) is 2. The molecule has 1 N–H and O–H groups in total. The predicted molar refractivity (Wildman–Crippen MR) is 72.7 cm³/mol. The Morgan fingerprint density at radius 2 is 1.88 bits per heavy atom.